The number of ketones is 1. The van der Waals surface area contributed by atoms with Gasteiger partial charge in [0.05, 0.1) is 12.2 Å². The zero-order chi connectivity index (χ0) is 23.3. The maximum atomic E-state index is 12.9. The third-order valence-corrected chi connectivity index (χ3v) is 5.96. The van der Waals surface area contributed by atoms with Crippen LogP contribution in [0.1, 0.15) is 50.7 Å². The van der Waals surface area contributed by atoms with Gasteiger partial charge in [0.25, 0.3) is 5.91 Å². The van der Waals surface area contributed by atoms with Crippen LogP contribution in [-0.4, -0.2) is 34.5 Å². The van der Waals surface area contributed by atoms with Crippen LogP contribution < -0.4 is 11.1 Å². The molecule has 0 radical (unpaired) electrons. The van der Waals surface area contributed by atoms with Crippen molar-refractivity contribution in [2.45, 2.75) is 33.2 Å². The summed E-state index contributed by atoms with van der Waals surface area (Å²) in [5.74, 6) is -0.386. The second-order valence-electron chi connectivity index (χ2n) is 7.61. The van der Waals surface area contributed by atoms with Gasteiger partial charge in [-0.2, -0.15) is 0 Å². The molecule has 0 spiro atoms. The number of carbonyl (C=O) groups excluding carboxylic acids is 3. The maximum Gasteiger partial charge on any atom is 0.253 e. The molecule has 1 aromatic heterocycles. The van der Waals surface area contributed by atoms with Gasteiger partial charge in [0.2, 0.25) is 5.91 Å². The summed E-state index contributed by atoms with van der Waals surface area (Å²) in [4.78, 5) is 42.9. The number of aryl methyl sites for hydroxylation is 2. The lowest BCUT2D eigenvalue weighted by atomic mass is 10.1. The Morgan fingerprint density at radius 2 is 1.59 bits per heavy atom. The zero-order valence-electron chi connectivity index (χ0n) is 18.3. The van der Waals surface area contributed by atoms with Crippen molar-refractivity contribution in [1.82, 2.24) is 9.88 Å². The minimum Gasteiger partial charge on any atom is -0.399 e. The lowest BCUT2D eigenvalue weighted by Gasteiger charge is -2.17. The molecule has 8 heteroatoms. The monoisotopic (exact) mass is 450 g/mol. The average Bonchev–Trinajstić information content (AvgIpc) is 3.12. The molecule has 0 fully saturated rings. The molecule has 32 heavy (non-hydrogen) atoms. The average molecular weight is 451 g/mol. The maximum absolute atomic E-state index is 12.9. The summed E-state index contributed by atoms with van der Waals surface area (Å²) in [5.41, 5.74) is 9.53. The summed E-state index contributed by atoms with van der Waals surface area (Å²) in [6.45, 7) is 3.29. The van der Waals surface area contributed by atoms with Gasteiger partial charge in [0.15, 0.2) is 10.9 Å². The summed E-state index contributed by atoms with van der Waals surface area (Å²) in [7, 11) is 1.72. The Kier molecular flexibility index (Phi) is 7.37. The highest BCUT2D eigenvalue weighted by atomic mass is 32.1. The second-order valence-corrected chi connectivity index (χ2v) is 8.69. The van der Waals surface area contributed by atoms with Crippen LogP contribution in [0.2, 0.25) is 0 Å². The molecule has 2 amide bonds. The van der Waals surface area contributed by atoms with E-state index in [1.165, 1.54) is 25.2 Å². The highest BCUT2D eigenvalue weighted by Crippen LogP contribution is 2.26. The van der Waals surface area contributed by atoms with E-state index in [0.717, 1.165) is 22.6 Å². The topological polar surface area (TPSA) is 105 Å². The summed E-state index contributed by atoms with van der Waals surface area (Å²) in [6.07, 6.45) is 1.44. The Balaban J connectivity index is 1.75. The summed E-state index contributed by atoms with van der Waals surface area (Å²) >= 11 is 1.37. The quantitative estimate of drug-likeness (QED) is 0.399. The lowest BCUT2D eigenvalue weighted by Crippen LogP contribution is -2.26. The predicted octanol–water partition coefficient (Wildman–Crippen LogP) is 3.94. The van der Waals surface area contributed by atoms with Crippen molar-refractivity contribution >= 4 is 39.8 Å². The molecule has 0 unspecified atom stereocenters. The van der Waals surface area contributed by atoms with Gasteiger partial charge >= 0.3 is 0 Å². The first-order valence-corrected chi connectivity index (χ1v) is 11.0. The number of rotatable bonds is 8. The molecule has 2 aromatic carbocycles. The summed E-state index contributed by atoms with van der Waals surface area (Å²) in [5, 5.41) is 3.26. The molecule has 1 heterocycles. The Labute approximate surface area is 191 Å². The van der Waals surface area contributed by atoms with Crippen LogP contribution in [0.5, 0.6) is 0 Å². The molecule has 3 N–H and O–H groups in total. The Morgan fingerprint density at radius 3 is 2.19 bits per heavy atom. The van der Waals surface area contributed by atoms with E-state index in [4.69, 9.17) is 5.73 Å². The van der Waals surface area contributed by atoms with Crippen molar-refractivity contribution in [1.29, 1.82) is 0 Å². The van der Waals surface area contributed by atoms with E-state index in [9.17, 15) is 14.4 Å². The Bertz CT molecular complexity index is 1120. The number of Topliss-reactive ketones (excluding diaryl/α,β-unsaturated/α-hetero) is 1. The number of carbonyl (C=O) groups is 3. The highest BCUT2D eigenvalue weighted by Gasteiger charge is 2.18. The fraction of sp³-hybridized carbons (Fsp3) is 0.250. The number of hydrogen-bond donors (Lipinski definition) is 2. The van der Waals surface area contributed by atoms with Crippen LogP contribution in [0.25, 0.3) is 0 Å². The number of thiazole rings is 1. The van der Waals surface area contributed by atoms with E-state index in [-0.39, 0.29) is 17.6 Å². The van der Waals surface area contributed by atoms with Crippen molar-refractivity contribution < 1.29 is 14.4 Å². The second kappa shape index (κ2) is 10.2. The first kappa shape index (κ1) is 23.1. The molecule has 0 saturated carbocycles. The summed E-state index contributed by atoms with van der Waals surface area (Å²) in [6, 6.07) is 14.3. The van der Waals surface area contributed by atoms with Crippen molar-refractivity contribution in [3.8, 4) is 0 Å². The Morgan fingerprint density at radius 1 is 0.969 bits per heavy atom. The fourth-order valence-electron chi connectivity index (χ4n) is 3.21. The van der Waals surface area contributed by atoms with E-state index < -0.39 is 0 Å². The first-order chi connectivity index (χ1) is 15.2. The van der Waals surface area contributed by atoms with Gasteiger partial charge in [0.1, 0.15) is 0 Å². The van der Waals surface area contributed by atoms with E-state index in [1.807, 2.05) is 24.3 Å². The molecular weight excluding hydrogens is 424 g/mol. The van der Waals surface area contributed by atoms with Crippen molar-refractivity contribution in [3.63, 3.8) is 0 Å². The molecule has 3 rings (SSSR count). The third-order valence-electron chi connectivity index (χ3n) is 4.96. The van der Waals surface area contributed by atoms with Gasteiger partial charge in [-0.25, -0.2) is 4.98 Å². The molecule has 0 atom stereocenters. The van der Waals surface area contributed by atoms with E-state index in [2.05, 4.69) is 10.3 Å². The molecule has 0 saturated heterocycles. The number of benzene rings is 2. The molecule has 0 bridgehead atoms. The van der Waals surface area contributed by atoms with Gasteiger partial charge < -0.3 is 16.0 Å². The first-order valence-electron chi connectivity index (χ1n) is 10.2. The number of amides is 2. The van der Waals surface area contributed by atoms with Gasteiger partial charge in [-0.05, 0) is 49.6 Å². The molecule has 0 aliphatic carbocycles. The van der Waals surface area contributed by atoms with Crippen LogP contribution in [0.3, 0.4) is 0 Å². The van der Waals surface area contributed by atoms with E-state index in [0.29, 0.717) is 34.9 Å². The standard InChI is InChI=1S/C24H26N4O3S/c1-15(29)18-7-9-19(10-8-18)23(31)28(3)14-22-21(27-24(32-22)26-16(2)30)13-6-17-4-11-20(25)12-5-17/h4-5,7-12H,6,13-14,25H2,1-3H3,(H,26,27,30). The van der Waals surface area contributed by atoms with Crippen LogP contribution in [0.4, 0.5) is 10.8 Å². The van der Waals surface area contributed by atoms with Crippen molar-refractivity contribution in [2.24, 2.45) is 0 Å². The predicted molar refractivity (Wildman–Crippen MR) is 127 cm³/mol. The van der Waals surface area contributed by atoms with Crippen molar-refractivity contribution in [3.05, 3.63) is 75.8 Å². The Hall–Kier alpha value is -3.52. The minimum absolute atomic E-state index is 0.0433. The molecule has 0 aliphatic heterocycles. The normalized spacial score (nSPS) is 10.6. The summed E-state index contributed by atoms with van der Waals surface area (Å²) < 4.78 is 0. The molecule has 0 aliphatic rings. The molecule has 3 aromatic rings. The number of nitrogen functional groups attached to an aromatic ring is 1. The van der Waals surface area contributed by atoms with Crippen molar-refractivity contribution in [2.75, 3.05) is 18.1 Å². The molecular formula is C24H26N4O3S. The largest absolute Gasteiger partial charge is 0.399 e. The van der Waals surface area contributed by atoms with Crippen LogP contribution in [0.15, 0.2) is 48.5 Å². The fourth-order valence-corrected chi connectivity index (χ4v) is 4.32. The highest BCUT2D eigenvalue weighted by molar-refractivity contribution is 7.15. The number of hydrogen-bond acceptors (Lipinski definition) is 6. The van der Waals surface area contributed by atoms with Gasteiger partial charge in [-0.3, -0.25) is 14.4 Å². The zero-order valence-corrected chi connectivity index (χ0v) is 19.2. The number of nitrogens with zero attached hydrogens (tertiary/aromatic N) is 2. The number of aromatic nitrogens is 1. The van der Waals surface area contributed by atoms with Crippen LogP contribution >= 0.6 is 11.3 Å². The number of nitrogens with one attached hydrogen (secondary N) is 1. The van der Waals surface area contributed by atoms with Gasteiger partial charge in [-0.1, -0.05) is 35.6 Å². The number of anilines is 2. The molecule has 166 valence electrons. The minimum atomic E-state index is -0.189. The van der Waals surface area contributed by atoms with Crippen LogP contribution in [-0.2, 0) is 24.2 Å². The SMILES string of the molecule is CC(=O)Nc1nc(CCc2ccc(N)cc2)c(CN(C)C(=O)c2ccc(C(C)=O)cc2)s1. The van der Waals surface area contributed by atoms with E-state index >= 15 is 0 Å². The van der Waals surface area contributed by atoms with Gasteiger partial charge in [-0.15, -0.1) is 0 Å². The van der Waals surface area contributed by atoms with Gasteiger partial charge in [0, 0.05) is 35.7 Å². The van der Waals surface area contributed by atoms with E-state index in [1.54, 1.807) is 36.2 Å². The number of nitrogens with two attached hydrogens (primary N) is 1. The van der Waals surface area contributed by atoms with Crippen LogP contribution in [0, 0.1) is 0 Å². The third kappa shape index (κ3) is 6.01. The lowest BCUT2D eigenvalue weighted by molar-refractivity contribution is -0.114. The molecule has 7 nitrogen and oxygen atoms in total. The smallest absolute Gasteiger partial charge is 0.253 e.